The van der Waals surface area contributed by atoms with Crippen molar-refractivity contribution in [3.8, 4) is 0 Å². The number of nitrogen functional groups attached to an aromatic ring is 2. The van der Waals surface area contributed by atoms with Crippen LogP contribution in [0.5, 0.6) is 0 Å². The number of aromatic nitrogens is 2. The van der Waals surface area contributed by atoms with Crippen molar-refractivity contribution in [2.24, 2.45) is 10.2 Å². The van der Waals surface area contributed by atoms with E-state index in [0.717, 1.165) is 64.1 Å². The summed E-state index contributed by atoms with van der Waals surface area (Å²) in [4.78, 5) is 12.8. The average Bonchev–Trinajstić information content (AvgIpc) is 3.29. The van der Waals surface area contributed by atoms with Crippen LogP contribution in [0.4, 0.5) is 11.4 Å². The van der Waals surface area contributed by atoms with Gasteiger partial charge in [-0.05, 0) is 51.0 Å². The van der Waals surface area contributed by atoms with Gasteiger partial charge in [-0.1, -0.05) is 0 Å². The Kier molecular flexibility index (Phi) is 6.94. The lowest BCUT2D eigenvalue weighted by molar-refractivity contribution is 0.186. The number of aryl methyl sites for hydroxylation is 2. The third-order valence-corrected chi connectivity index (χ3v) is 7.84. The van der Waals surface area contributed by atoms with Gasteiger partial charge in [-0.3, -0.25) is 0 Å². The molecule has 0 amide bonds. The lowest BCUT2D eigenvalue weighted by Gasteiger charge is -2.05. The number of hydrogen-bond donors (Lipinski definition) is 2. The minimum Gasteiger partial charge on any atom is -0.397 e. The predicted molar refractivity (Wildman–Crippen MR) is 143 cm³/mol. The van der Waals surface area contributed by atoms with Gasteiger partial charge in [-0.15, -0.1) is 22.7 Å². The number of pyridine rings is 2. The van der Waals surface area contributed by atoms with E-state index in [1.165, 1.54) is 22.7 Å². The normalized spacial score (nSPS) is 12.9. The summed E-state index contributed by atoms with van der Waals surface area (Å²) in [6.45, 7) is 8.67. The van der Waals surface area contributed by atoms with Crippen LogP contribution in [0.15, 0.2) is 22.3 Å². The number of rotatable bonds is 7. The summed E-state index contributed by atoms with van der Waals surface area (Å²) in [5.74, 6) is 0. The fourth-order valence-corrected chi connectivity index (χ4v) is 6.24. The van der Waals surface area contributed by atoms with E-state index in [-0.39, 0.29) is 0 Å². The van der Waals surface area contributed by atoms with Crippen molar-refractivity contribution in [1.82, 2.24) is 9.97 Å². The minimum atomic E-state index is 0.470. The fourth-order valence-electron chi connectivity index (χ4n) is 3.99. The van der Waals surface area contributed by atoms with E-state index in [0.29, 0.717) is 24.6 Å². The summed E-state index contributed by atoms with van der Waals surface area (Å²) < 4.78 is 10.7. The van der Waals surface area contributed by atoms with Crippen molar-refractivity contribution < 1.29 is 9.47 Å². The molecule has 10 heteroatoms. The van der Waals surface area contributed by atoms with Crippen molar-refractivity contribution in [2.45, 2.75) is 40.9 Å². The molecule has 0 aliphatic rings. The van der Waals surface area contributed by atoms with Crippen molar-refractivity contribution in [1.29, 1.82) is 0 Å². The van der Waals surface area contributed by atoms with E-state index in [2.05, 4.69) is 20.2 Å². The van der Waals surface area contributed by atoms with E-state index in [1.807, 2.05) is 39.8 Å². The number of thiophene rings is 2. The van der Waals surface area contributed by atoms with Gasteiger partial charge < -0.3 is 20.9 Å². The zero-order valence-electron chi connectivity index (χ0n) is 20.1. The highest BCUT2D eigenvalue weighted by molar-refractivity contribution is 7.21. The Morgan fingerprint density at radius 2 is 1.18 bits per heavy atom. The van der Waals surface area contributed by atoms with Crippen LogP contribution < -0.4 is 11.5 Å². The molecular formula is C24H28N6O2S2. The summed E-state index contributed by atoms with van der Waals surface area (Å²) in [6, 6.07) is 4.01. The molecule has 0 saturated heterocycles. The zero-order valence-corrected chi connectivity index (χ0v) is 21.8. The smallest absolute Gasteiger partial charge is 0.126 e. The Bertz CT molecular complexity index is 1340. The van der Waals surface area contributed by atoms with Gasteiger partial charge in [0.2, 0.25) is 0 Å². The van der Waals surface area contributed by atoms with Gasteiger partial charge in [-0.2, -0.15) is 10.2 Å². The van der Waals surface area contributed by atoms with E-state index in [1.54, 1.807) is 14.2 Å². The highest BCUT2D eigenvalue weighted by atomic mass is 32.1. The molecule has 178 valence electrons. The monoisotopic (exact) mass is 496 g/mol. The fraction of sp³-hybridized carbons (Fsp3) is 0.333. The van der Waals surface area contributed by atoms with Gasteiger partial charge in [0.25, 0.3) is 0 Å². The van der Waals surface area contributed by atoms with Gasteiger partial charge >= 0.3 is 0 Å². The van der Waals surface area contributed by atoms with Gasteiger partial charge in [0, 0.05) is 36.4 Å². The second-order valence-electron chi connectivity index (χ2n) is 8.13. The molecule has 34 heavy (non-hydrogen) atoms. The summed E-state index contributed by atoms with van der Waals surface area (Å²) in [5.41, 5.74) is 19.7. The molecule has 0 fully saturated rings. The third kappa shape index (κ3) is 4.41. The summed E-state index contributed by atoms with van der Waals surface area (Å²) in [7, 11) is 3.34. The van der Waals surface area contributed by atoms with Crippen LogP contribution in [0, 0.1) is 13.8 Å². The van der Waals surface area contributed by atoms with Crippen LogP contribution in [0.2, 0.25) is 0 Å². The van der Waals surface area contributed by atoms with Crippen molar-refractivity contribution >= 4 is 65.9 Å². The van der Waals surface area contributed by atoms with Crippen LogP contribution in [0.3, 0.4) is 0 Å². The average molecular weight is 497 g/mol. The number of anilines is 2. The second kappa shape index (κ2) is 9.75. The standard InChI is InChI=1S/C24H28N6O2S2/c1-11-7-15(9-31-5)17-19(25)21(33-23(17)27-11)13(3)29-30-14(4)22-20(26)18-16(10-32-6)8-12(2)28-24(18)34-22/h7-8H,9-10,25-26H2,1-6H3/b29-13-,30-14-. The van der Waals surface area contributed by atoms with Crippen molar-refractivity contribution in [3.05, 3.63) is 44.4 Å². The first-order valence-corrected chi connectivity index (χ1v) is 12.3. The summed E-state index contributed by atoms with van der Waals surface area (Å²) >= 11 is 3.02. The van der Waals surface area contributed by atoms with Crippen LogP contribution in [0.25, 0.3) is 20.4 Å². The molecule has 0 saturated carbocycles. The molecule has 0 unspecified atom stereocenters. The maximum Gasteiger partial charge on any atom is 0.126 e. The first kappa shape index (κ1) is 24.2. The number of nitrogens with two attached hydrogens (primary N) is 2. The van der Waals surface area contributed by atoms with Gasteiger partial charge in [-0.25, -0.2) is 9.97 Å². The lowest BCUT2D eigenvalue weighted by atomic mass is 10.1. The minimum absolute atomic E-state index is 0.470. The van der Waals surface area contributed by atoms with Crippen LogP contribution in [-0.4, -0.2) is 35.6 Å². The molecule has 4 aromatic rings. The number of nitrogens with zero attached hydrogens (tertiary/aromatic N) is 4. The van der Waals surface area contributed by atoms with Crippen LogP contribution in [-0.2, 0) is 22.7 Å². The predicted octanol–water partition coefficient (Wildman–Crippen LogP) is 5.21. The molecule has 4 heterocycles. The van der Waals surface area contributed by atoms with E-state index in [4.69, 9.17) is 20.9 Å². The Hall–Kier alpha value is -2.92. The molecule has 0 aromatic carbocycles. The first-order valence-electron chi connectivity index (χ1n) is 10.7. The largest absolute Gasteiger partial charge is 0.397 e. The Balaban J connectivity index is 1.75. The molecular weight excluding hydrogens is 468 g/mol. The summed E-state index contributed by atoms with van der Waals surface area (Å²) in [5, 5.41) is 10.8. The Labute approximate surface area is 206 Å². The van der Waals surface area contributed by atoms with Gasteiger partial charge in [0.05, 0.1) is 45.8 Å². The molecule has 4 aromatic heterocycles. The Morgan fingerprint density at radius 3 is 1.53 bits per heavy atom. The molecule has 0 aliphatic carbocycles. The number of ether oxygens (including phenoxy) is 2. The molecule has 0 bridgehead atoms. The molecule has 0 aliphatic heterocycles. The SMILES string of the molecule is COCc1cc(C)nc2sc(/C(C)=N\N=C(\C)c3sc4nc(C)cc(COC)c4c3N)c(N)c12. The highest BCUT2D eigenvalue weighted by Gasteiger charge is 2.19. The van der Waals surface area contributed by atoms with Gasteiger partial charge in [0.1, 0.15) is 9.66 Å². The quantitative estimate of drug-likeness (QED) is 0.267. The zero-order chi connectivity index (χ0) is 24.6. The first-order chi connectivity index (χ1) is 16.2. The van der Waals surface area contributed by atoms with Crippen molar-refractivity contribution in [3.63, 3.8) is 0 Å². The maximum absolute atomic E-state index is 6.52. The summed E-state index contributed by atoms with van der Waals surface area (Å²) in [6.07, 6.45) is 0. The highest BCUT2D eigenvalue weighted by Crippen LogP contribution is 2.37. The van der Waals surface area contributed by atoms with Crippen LogP contribution >= 0.6 is 22.7 Å². The van der Waals surface area contributed by atoms with E-state index >= 15 is 0 Å². The molecule has 4 rings (SSSR count). The van der Waals surface area contributed by atoms with Crippen LogP contribution in [0.1, 0.15) is 46.1 Å². The maximum atomic E-state index is 6.52. The third-order valence-electron chi connectivity index (χ3n) is 5.42. The van der Waals surface area contributed by atoms with E-state index in [9.17, 15) is 0 Å². The number of hydrogen-bond acceptors (Lipinski definition) is 10. The molecule has 0 radical (unpaired) electrons. The second-order valence-corrected chi connectivity index (χ2v) is 10.1. The molecule has 8 nitrogen and oxygen atoms in total. The number of fused-ring (bicyclic) bond motifs is 2. The topological polar surface area (TPSA) is 121 Å². The van der Waals surface area contributed by atoms with Crippen molar-refractivity contribution in [2.75, 3.05) is 25.7 Å². The molecule has 4 N–H and O–H groups in total. The molecule has 0 atom stereocenters. The molecule has 0 spiro atoms. The lowest BCUT2D eigenvalue weighted by Crippen LogP contribution is -2.00. The van der Waals surface area contributed by atoms with Gasteiger partial charge in [0.15, 0.2) is 0 Å². The number of methoxy groups -OCH3 is 2. The van der Waals surface area contributed by atoms with E-state index < -0.39 is 0 Å². The Morgan fingerprint density at radius 1 is 0.794 bits per heavy atom.